The van der Waals surface area contributed by atoms with Crippen LogP contribution in [-0.2, 0) is 0 Å². The molecule has 1 aromatic heterocycles. The number of amides is 1. The van der Waals surface area contributed by atoms with E-state index in [1.54, 1.807) is 12.3 Å². The van der Waals surface area contributed by atoms with Gasteiger partial charge in [0, 0.05) is 25.8 Å². The van der Waals surface area contributed by atoms with Crippen molar-refractivity contribution in [2.75, 3.05) is 18.5 Å². The molecule has 1 unspecified atom stereocenters. The molecule has 0 saturated heterocycles. The van der Waals surface area contributed by atoms with Crippen molar-refractivity contribution in [3.8, 4) is 0 Å². The summed E-state index contributed by atoms with van der Waals surface area (Å²) in [4.78, 5) is 17.9. The van der Waals surface area contributed by atoms with Crippen LogP contribution in [0.1, 0.15) is 28.8 Å². The number of nitrogens with two attached hydrogens (primary N) is 2. The Balaban J connectivity index is 2.37. The number of rotatable bonds is 5. The SMILES string of the molecule is Cc1ccnc(N(C)C(CN)C2CC2)c1C(N)=O. The maximum atomic E-state index is 11.6. The van der Waals surface area contributed by atoms with Crippen LogP contribution in [0, 0.1) is 12.8 Å². The molecule has 0 aliphatic heterocycles. The average Bonchev–Trinajstić information content (AvgIpc) is 3.13. The minimum Gasteiger partial charge on any atom is -0.365 e. The van der Waals surface area contributed by atoms with E-state index in [0.717, 1.165) is 5.56 Å². The van der Waals surface area contributed by atoms with E-state index in [4.69, 9.17) is 11.5 Å². The van der Waals surface area contributed by atoms with Gasteiger partial charge in [-0.3, -0.25) is 4.79 Å². The predicted molar refractivity (Wildman–Crippen MR) is 71.5 cm³/mol. The maximum absolute atomic E-state index is 11.6. The normalized spacial score (nSPS) is 16.4. The van der Waals surface area contributed by atoms with Gasteiger partial charge < -0.3 is 16.4 Å². The molecule has 2 rings (SSSR count). The van der Waals surface area contributed by atoms with E-state index in [2.05, 4.69) is 4.98 Å². The lowest BCUT2D eigenvalue weighted by Gasteiger charge is -2.29. The predicted octanol–water partition coefficient (Wildman–Crippen LogP) is 0.662. The summed E-state index contributed by atoms with van der Waals surface area (Å²) in [6.07, 6.45) is 4.10. The number of anilines is 1. The van der Waals surface area contributed by atoms with Crippen molar-refractivity contribution < 1.29 is 4.79 Å². The number of primary amides is 1. The lowest BCUT2D eigenvalue weighted by Crippen LogP contribution is -2.41. The van der Waals surface area contributed by atoms with Crippen molar-refractivity contribution in [1.82, 2.24) is 4.98 Å². The largest absolute Gasteiger partial charge is 0.365 e. The summed E-state index contributed by atoms with van der Waals surface area (Å²) >= 11 is 0. The lowest BCUT2D eigenvalue weighted by molar-refractivity contribution is 0.1000. The minimum atomic E-state index is -0.436. The van der Waals surface area contributed by atoms with Gasteiger partial charge in [-0.1, -0.05) is 0 Å². The second-order valence-corrected chi connectivity index (χ2v) is 4.94. The van der Waals surface area contributed by atoms with Gasteiger partial charge in [-0.15, -0.1) is 0 Å². The number of hydrogen-bond donors (Lipinski definition) is 2. The Morgan fingerprint density at radius 2 is 2.28 bits per heavy atom. The third kappa shape index (κ3) is 2.31. The lowest BCUT2D eigenvalue weighted by atomic mass is 10.1. The highest BCUT2D eigenvalue weighted by Crippen LogP contribution is 2.36. The van der Waals surface area contributed by atoms with Gasteiger partial charge in [0.15, 0.2) is 0 Å². The van der Waals surface area contributed by atoms with E-state index in [-0.39, 0.29) is 6.04 Å². The van der Waals surface area contributed by atoms with E-state index in [0.29, 0.717) is 23.8 Å². The second-order valence-electron chi connectivity index (χ2n) is 4.94. The zero-order valence-electron chi connectivity index (χ0n) is 10.9. The van der Waals surface area contributed by atoms with Crippen molar-refractivity contribution in [2.24, 2.45) is 17.4 Å². The Hall–Kier alpha value is -1.62. The van der Waals surface area contributed by atoms with E-state index in [1.807, 2.05) is 18.9 Å². The van der Waals surface area contributed by atoms with Gasteiger partial charge in [-0.05, 0) is 37.3 Å². The first-order valence-corrected chi connectivity index (χ1v) is 6.24. The van der Waals surface area contributed by atoms with Crippen LogP contribution in [0.15, 0.2) is 12.3 Å². The highest BCUT2D eigenvalue weighted by Gasteiger charge is 2.34. The Morgan fingerprint density at radius 3 is 2.78 bits per heavy atom. The van der Waals surface area contributed by atoms with Crippen LogP contribution >= 0.6 is 0 Å². The molecule has 1 saturated carbocycles. The standard InChI is InChI=1S/C13H20N4O/c1-8-5-6-16-13(11(8)12(15)18)17(2)10(7-14)9-3-4-9/h5-6,9-10H,3-4,7,14H2,1-2H3,(H2,15,18). The molecule has 1 aliphatic carbocycles. The molecule has 1 atom stereocenters. The van der Waals surface area contributed by atoms with Gasteiger partial charge in [0.25, 0.3) is 5.91 Å². The van der Waals surface area contributed by atoms with E-state index < -0.39 is 5.91 Å². The molecule has 1 aromatic rings. The van der Waals surface area contributed by atoms with Crippen molar-refractivity contribution in [3.63, 3.8) is 0 Å². The summed E-state index contributed by atoms with van der Waals surface area (Å²) in [5, 5.41) is 0. The quantitative estimate of drug-likeness (QED) is 0.801. The van der Waals surface area contributed by atoms with Crippen LogP contribution in [0.5, 0.6) is 0 Å². The number of likely N-dealkylation sites (N-methyl/N-ethyl adjacent to an activating group) is 1. The number of pyridine rings is 1. The molecular formula is C13H20N4O. The molecule has 0 radical (unpaired) electrons. The van der Waals surface area contributed by atoms with Gasteiger partial charge in [0.2, 0.25) is 0 Å². The van der Waals surface area contributed by atoms with Gasteiger partial charge in [0.05, 0.1) is 5.56 Å². The summed E-state index contributed by atoms with van der Waals surface area (Å²) in [5.41, 5.74) is 12.6. The fraction of sp³-hybridized carbons (Fsp3) is 0.538. The fourth-order valence-electron chi connectivity index (χ4n) is 2.42. The number of carbonyl (C=O) groups excluding carboxylic acids is 1. The summed E-state index contributed by atoms with van der Waals surface area (Å²) in [7, 11) is 1.93. The molecule has 0 aromatic carbocycles. The number of carbonyl (C=O) groups is 1. The molecule has 4 N–H and O–H groups in total. The Morgan fingerprint density at radius 1 is 1.61 bits per heavy atom. The average molecular weight is 248 g/mol. The molecule has 98 valence electrons. The Kier molecular flexibility index (Phi) is 3.52. The van der Waals surface area contributed by atoms with E-state index >= 15 is 0 Å². The molecule has 5 nitrogen and oxygen atoms in total. The summed E-state index contributed by atoms with van der Waals surface area (Å²) in [5.74, 6) is 0.821. The molecule has 18 heavy (non-hydrogen) atoms. The zero-order valence-corrected chi connectivity index (χ0v) is 10.9. The Labute approximate surface area is 107 Å². The van der Waals surface area contributed by atoms with Gasteiger partial charge in [0.1, 0.15) is 5.82 Å². The molecule has 0 spiro atoms. The van der Waals surface area contributed by atoms with Crippen LogP contribution < -0.4 is 16.4 Å². The summed E-state index contributed by atoms with van der Waals surface area (Å²) in [6.45, 7) is 2.43. The third-order valence-electron chi connectivity index (χ3n) is 3.62. The zero-order chi connectivity index (χ0) is 13.3. The second kappa shape index (κ2) is 4.94. The molecule has 1 aliphatic rings. The van der Waals surface area contributed by atoms with Crippen molar-refractivity contribution in [3.05, 3.63) is 23.4 Å². The van der Waals surface area contributed by atoms with Crippen molar-refractivity contribution in [1.29, 1.82) is 0 Å². The number of nitrogens with zero attached hydrogens (tertiary/aromatic N) is 2. The van der Waals surface area contributed by atoms with E-state index in [1.165, 1.54) is 12.8 Å². The topological polar surface area (TPSA) is 85.2 Å². The van der Waals surface area contributed by atoms with E-state index in [9.17, 15) is 4.79 Å². The molecular weight excluding hydrogens is 228 g/mol. The monoisotopic (exact) mass is 248 g/mol. The highest BCUT2D eigenvalue weighted by atomic mass is 16.1. The van der Waals surface area contributed by atoms with Crippen LogP contribution in [0.25, 0.3) is 0 Å². The van der Waals surface area contributed by atoms with Gasteiger partial charge >= 0.3 is 0 Å². The molecule has 1 amide bonds. The number of aromatic nitrogens is 1. The highest BCUT2D eigenvalue weighted by molar-refractivity contribution is 5.99. The first kappa shape index (κ1) is 12.8. The minimum absolute atomic E-state index is 0.234. The van der Waals surface area contributed by atoms with Crippen LogP contribution in [-0.4, -0.2) is 30.5 Å². The van der Waals surface area contributed by atoms with Crippen molar-refractivity contribution >= 4 is 11.7 Å². The summed E-state index contributed by atoms with van der Waals surface area (Å²) < 4.78 is 0. The molecule has 1 fully saturated rings. The van der Waals surface area contributed by atoms with Gasteiger partial charge in [-0.25, -0.2) is 4.98 Å². The van der Waals surface area contributed by atoms with Gasteiger partial charge in [-0.2, -0.15) is 0 Å². The number of hydrogen-bond acceptors (Lipinski definition) is 4. The fourth-order valence-corrected chi connectivity index (χ4v) is 2.42. The van der Waals surface area contributed by atoms with Crippen molar-refractivity contribution in [2.45, 2.75) is 25.8 Å². The summed E-state index contributed by atoms with van der Waals surface area (Å²) in [6, 6.07) is 2.03. The maximum Gasteiger partial charge on any atom is 0.252 e. The van der Waals surface area contributed by atoms with Crippen LogP contribution in [0.3, 0.4) is 0 Å². The molecule has 5 heteroatoms. The Bertz CT molecular complexity index is 456. The smallest absolute Gasteiger partial charge is 0.252 e. The van der Waals surface area contributed by atoms with Crippen LogP contribution in [0.2, 0.25) is 0 Å². The number of aryl methyl sites for hydroxylation is 1. The first-order chi connectivity index (χ1) is 8.56. The third-order valence-corrected chi connectivity index (χ3v) is 3.62. The molecule has 1 heterocycles. The first-order valence-electron chi connectivity index (χ1n) is 6.24. The van der Waals surface area contributed by atoms with Crippen LogP contribution in [0.4, 0.5) is 5.82 Å². The molecule has 0 bridgehead atoms.